The number of anilines is 1. The molecule has 1 aliphatic rings. The summed E-state index contributed by atoms with van der Waals surface area (Å²) in [5, 5.41) is 6.68. The molecule has 0 bridgehead atoms. The van der Waals surface area contributed by atoms with Gasteiger partial charge in [0, 0.05) is 57.4 Å². The molecule has 6 nitrogen and oxygen atoms in total. The average Bonchev–Trinajstić information content (AvgIpc) is 2.82. The average molecular weight is 445 g/mol. The zero-order valence-corrected chi connectivity index (χ0v) is 19.3. The third-order valence-corrected chi connectivity index (χ3v) is 6.43. The number of thioether (sulfide) groups is 1. The fraction of sp³-hybridized carbons (Fsp3) is 0.478. The lowest BCUT2D eigenvalue weighted by Crippen LogP contribution is -2.46. The molecule has 0 saturated carbocycles. The van der Waals surface area contributed by atoms with Gasteiger partial charge in [-0.1, -0.05) is 13.0 Å². The number of nitrogens with one attached hydrogen (secondary N) is 2. The number of hydrogen-bond donors (Lipinski definition) is 2. The number of halogens is 1. The monoisotopic (exact) mass is 444 g/mol. The van der Waals surface area contributed by atoms with Gasteiger partial charge in [0.2, 0.25) is 0 Å². The molecule has 0 spiro atoms. The molecule has 168 valence electrons. The van der Waals surface area contributed by atoms with Crippen LogP contribution in [0.15, 0.2) is 52.5 Å². The first-order valence-electron chi connectivity index (χ1n) is 10.9. The Bertz CT molecular complexity index is 804. The van der Waals surface area contributed by atoms with E-state index in [2.05, 4.69) is 49.5 Å². The third-order valence-electron chi connectivity index (χ3n) is 5.33. The molecule has 2 heterocycles. The Hall–Kier alpha value is -2.32. The van der Waals surface area contributed by atoms with E-state index >= 15 is 0 Å². The lowest BCUT2D eigenvalue weighted by Gasteiger charge is -2.34. The SMILES string of the molecule is CCN1CCN(c2ccc(CNC(=NC)NCCCSc3ccc(F)cc3)cn2)CC1. The highest BCUT2D eigenvalue weighted by molar-refractivity contribution is 7.99. The number of piperazine rings is 1. The van der Waals surface area contributed by atoms with E-state index in [4.69, 9.17) is 0 Å². The van der Waals surface area contributed by atoms with Crippen molar-refractivity contribution in [2.45, 2.75) is 24.8 Å². The fourth-order valence-electron chi connectivity index (χ4n) is 3.41. The maximum absolute atomic E-state index is 12.9. The highest BCUT2D eigenvalue weighted by Crippen LogP contribution is 2.18. The van der Waals surface area contributed by atoms with Gasteiger partial charge in [-0.2, -0.15) is 0 Å². The highest BCUT2D eigenvalue weighted by atomic mass is 32.2. The van der Waals surface area contributed by atoms with Crippen molar-refractivity contribution in [2.24, 2.45) is 4.99 Å². The van der Waals surface area contributed by atoms with E-state index < -0.39 is 0 Å². The Labute approximate surface area is 189 Å². The van der Waals surface area contributed by atoms with Crippen LogP contribution in [0, 0.1) is 5.82 Å². The standard InChI is InChI=1S/C23H33FN6S/c1-3-29-12-14-30(15-13-29)22-10-5-19(17-27-22)18-28-23(25-2)26-11-4-16-31-21-8-6-20(24)7-9-21/h5-10,17H,3-4,11-16,18H2,1-2H3,(H2,25,26,28). The molecule has 3 rings (SSSR count). The number of hydrogen-bond acceptors (Lipinski definition) is 5. The van der Waals surface area contributed by atoms with Crippen LogP contribution in [0.2, 0.25) is 0 Å². The third kappa shape index (κ3) is 7.70. The molecule has 2 N–H and O–H groups in total. The molecule has 0 unspecified atom stereocenters. The van der Waals surface area contributed by atoms with E-state index in [0.29, 0.717) is 6.54 Å². The van der Waals surface area contributed by atoms with Crippen molar-refractivity contribution in [3.05, 3.63) is 54.0 Å². The maximum atomic E-state index is 12.9. The summed E-state index contributed by atoms with van der Waals surface area (Å²) < 4.78 is 12.9. The Morgan fingerprint density at radius 3 is 2.52 bits per heavy atom. The quantitative estimate of drug-likeness (QED) is 0.268. The summed E-state index contributed by atoms with van der Waals surface area (Å²) in [5.41, 5.74) is 1.13. The van der Waals surface area contributed by atoms with Crippen molar-refractivity contribution in [3.8, 4) is 0 Å². The van der Waals surface area contributed by atoms with E-state index in [1.807, 2.05) is 18.3 Å². The van der Waals surface area contributed by atoms with E-state index in [0.717, 1.165) is 73.7 Å². The lowest BCUT2D eigenvalue weighted by molar-refractivity contribution is 0.270. The topological polar surface area (TPSA) is 55.8 Å². The van der Waals surface area contributed by atoms with E-state index in [1.165, 1.54) is 12.1 Å². The van der Waals surface area contributed by atoms with Gasteiger partial charge in [0.1, 0.15) is 11.6 Å². The molecule has 1 aliphatic heterocycles. The Morgan fingerprint density at radius 2 is 1.87 bits per heavy atom. The van der Waals surface area contributed by atoms with Crippen LogP contribution in [0.5, 0.6) is 0 Å². The molecule has 0 atom stereocenters. The molecule has 2 aromatic rings. The molecule has 1 fully saturated rings. The molecule has 1 aromatic carbocycles. The maximum Gasteiger partial charge on any atom is 0.191 e. The van der Waals surface area contributed by atoms with Crippen molar-refractivity contribution in [3.63, 3.8) is 0 Å². The smallest absolute Gasteiger partial charge is 0.191 e. The summed E-state index contributed by atoms with van der Waals surface area (Å²) in [5.74, 6) is 2.61. The summed E-state index contributed by atoms with van der Waals surface area (Å²) >= 11 is 1.73. The van der Waals surface area contributed by atoms with E-state index in [1.54, 1.807) is 18.8 Å². The van der Waals surface area contributed by atoms with Crippen molar-refractivity contribution in [2.75, 3.05) is 57.0 Å². The van der Waals surface area contributed by atoms with Crippen LogP contribution in [0.3, 0.4) is 0 Å². The minimum atomic E-state index is -0.194. The Balaban J connectivity index is 1.34. The summed E-state index contributed by atoms with van der Waals surface area (Å²) in [6.45, 7) is 9.12. The predicted molar refractivity (Wildman–Crippen MR) is 129 cm³/mol. The number of guanidine groups is 1. The van der Waals surface area contributed by atoms with E-state index in [9.17, 15) is 4.39 Å². The van der Waals surface area contributed by atoms with Gasteiger partial charge in [-0.05, 0) is 54.6 Å². The van der Waals surface area contributed by atoms with E-state index in [-0.39, 0.29) is 5.82 Å². The number of rotatable bonds is 9. The minimum absolute atomic E-state index is 0.194. The van der Waals surface area contributed by atoms with Crippen molar-refractivity contribution in [1.29, 1.82) is 0 Å². The van der Waals surface area contributed by atoms with Gasteiger partial charge in [-0.25, -0.2) is 9.37 Å². The number of benzene rings is 1. The lowest BCUT2D eigenvalue weighted by atomic mass is 10.2. The number of aromatic nitrogens is 1. The van der Waals surface area contributed by atoms with Crippen molar-refractivity contribution < 1.29 is 4.39 Å². The summed E-state index contributed by atoms with van der Waals surface area (Å²) in [6, 6.07) is 10.9. The second-order valence-electron chi connectivity index (χ2n) is 7.45. The van der Waals surface area contributed by atoms with Gasteiger partial charge in [-0.3, -0.25) is 4.99 Å². The summed E-state index contributed by atoms with van der Waals surface area (Å²) in [7, 11) is 1.78. The molecule has 0 aliphatic carbocycles. The highest BCUT2D eigenvalue weighted by Gasteiger charge is 2.16. The molecule has 1 saturated heterocycles. The predicted octanol–water partition coefficient (Wildman–Crippen LogP) is 3.21. The zero-order valence-electron chi connectivity index (χ0n) is 18.5. The molecule has 0 radical (unpaired) electrons. The largest absolute Gasteiger partial charge is 0.356 e. The van der Waals surface area contributed by atoms with Crippen LogP contribution in [0.25, 0.3) is 0 Å². The van der Waals surface area contributed by atoms with Crippen molar-refractivity contribution >= 4 is 23.5 Å². The van der Waals surface area contributed by atoms with Gasteiger partial charge in [0.05, 0.1) is 0 Å². The van der Waals surface area contributed by atoms with Gasteiger partial charge < -0.3 is 20.4 Å². The number of aliphatic imine (C=N–C) groups is 1. The summed E-state index contributed by atoms with van der Waals surface area (Å²) in [6.07, 6.45) is 2.94. The van der Waals surface area contributed by atoms with Gasteiger partial charge in [-0.15, -0.1) is 11.8 Å². The Morgan fingerprint density at radius 1 is 1.10 bits per heavy atom. The second kappa shape index (κ2) is 12.5. The number of likely N-dealkylation sites (N-methyl/N-ethyl adjacent to an activating group) is 1. The van der Waals surface area contributed by atoms with Gasteiger partial charge in [0.15, 0.2) is 5.96 Å². The van der Waals surface area contributed by atoms with Crippen molar-refractivity contribution in [1.82, 2.24) is 20.5 Å². The number of pyridine rings is 1. The molecule has 8 heteroatoms. The molecular formula is C23H33FN6S. The van der Waals surface area contributed by atoms with Gasteiger partial charge >= 0.3 is 0 Å². The van der Waals surface area contributed by atoms with Crippen LogP contribution in [0.4, 0.5) is 10.2 Å². The van der Waals surface area contributed by atoms with Crippen LogP contribution in [0.1, 0.15) is 18.9 Å². The normalized spacial score (nSPS) is 15.2. The first kappa shape index (κ1) is 23.3. The second-order valence-corrected chi connectivity index (χ2v) is 8.62. The molecule has 31 heavy (non-hydrogen) atoms. The van der Waals surface area contributed by atoms with Crippen LogP contribution >= 0.6 is 11.8 Å². The first-order chi connectivity index (χ1) is 15.2. The molecule has 0 amide bonds. The van der Waals surface area contributed by atoms with Crippen LogP contribution < -0.4 is 15.5 Å². The van der Waals surface area contributed by atoms with Crippen LogP contribution in [-0.2, 0) is 6.54 Å². The molecular weight excluding hydrogens is 411 g/mol. The fourth-order valence-corrected chi connectivity index (χ4v) is 4.26. The first-order valence-corrected chi connectivity index (χ1v) is 11.9. The van der Waals surface area contributed by atoms with Gasteiger partial charge in [0.25, 0.3) is 0 Å². The number of nitrogens with zero attached hydrogens (tertiary/aromatic N) is 4. The minimum Gasteiger partial charge on any atom is -0.356 e. The van der Waals surface area contributed by atoms with Crippen LogP contribution in [-0.4, -0.2) is 67.9 Å². The molecule has 1 aromatic heterocycles. The Kier molecular flexibility index (Phi) is 9.42. The zero-order chi connectivity index (χ0) is 21.9. The summed E-state index contributed by atoms with van der Waals surface area (Å²) in [4.78, 5) is 14.9.